The van der Waals surface area contributed by atoms with E-state index in [0.717, 1.165) is 25.7 Å². The molecule has 90 valence electrons. The topological polar surface area (TPSA) is 67.4 Å². The van der Waals surface area contributed by atoms with Crippen molar-refractivity contribution >= 4 is 10.2 Å². The molecule has 0 aromatic rings. The minimum Gasteiger partial charge on any atom is -0.385 e. The number of methoxy groups -OCH3 is 1. The van der Waals surface area contributed by atoms with Crippen LogP contribution in [0.15, 0.2) is 0 Å². The van der Waals surface area contributed by atoms with Crippen molar-refractivity contribution < 1.29 is 13.2 Å². The van der Waals surface area contributed by atoms with Crippen LogP contribution in [-0.4, -0.2) is 34.7 Å². The van der Waals surface area contributed by atoms with Crippen molar-refractivity contribution in [3.63, 3.8) is 0 Å². The lowest BCUT2D eigenvalue weighted by Gasteiger charge is -2.12. The lowest BCUT2D eigenvalue weighted by atomic mass is 10.3. The largest absolute Gasteiger partial charge is 0.385 e. The van der Waals surface area contributed by atoms with Crippen molar-refractivity contribution in [1.29, 1.82) is 0 Å². The maximum absolute atomic E-state index is 11.5. The van der Waals surface area contributed by atoms with Crippen LogP contribution >= 0.6 is 0 Å². The number of ether oxygens (including phenoxy) is 1. The Morgan fingerprint density at radius 3 is 2.60 bits per heavy atom. The second kappa shape index (κ2) is 6.42. The Hall–Kier alpha value is -0.170. The minimum absolute atomic E-state index is 0.130. The van der Waals surface area contributed by atoms with Gasteiger partial charge in [0, 0.05) is 26.3 Å². The van der Waals surface area contributed by atoms with E-state index >= 15 is 0 Å². The summed E-state index contributed by atoms with van der Waals surface area (Å²) in [6.07, 6.45) is 4.85. The Balaban J connectivity index is 2.19. The first-order valence-corrected chi connectivity index (χ1v) is 6.88. The standard InChI is InChI=1S/C9H20N2O3S/c1-14-8-4-7-10-15(12,13)11-9-5-2-3-6-9/h9-11H,2-8H2,1H3. The third-order valence-corrected chi connectivity index (χ3v) is 3.72. The van der Waals surface area contributed by atoms with Gasteiger partial charge in [-0.05, 0) is 19.3 Å². The normalized spacial score (nSPS) is 18.5. The molecule has 0 bridgehead atoms. The summed E-state index contributed by atoms with van der Waals surface area (Å²) in [6.45, 7) is 1.00. The Kier molecular flexibility index (Phi) is 5.52. The highest BCUT2D eigenvalue weighted by molar-refractivity contribution is 7.87. The van der Waals surface area contributed by atoms with E-state index in [0.29, 0.717) is 19.6 Å². The van der Waals surface area contributed by atoms with Crippen LogP contribution < -0.4 is 9.44 Å². The molecule has 1 aliphatic rings. The summed E-state index contributed by atoms with van der Waals surface area (Å²) in [5, 5.41) is 0. The van der Waals surface area contributed by atoms with E-state index in [9.17, 15) is 8.42 Å². The molecule has 15 heavy (non-hydrogen) atoms. The molecule has 0 aromatic carbocycles. The van der Waals surface area contributed by atoms with Crippen LogP contribution in [0.5, 0.6) is 0 Å². The van der Waals surface area contributed by atoms with Crippen LogP contribution in [0.2, 0.25) is 0 Å². The summed E-state index contributed by atoms with van der Waals surface area (Å²) in [5.41, 5.74) is 0. The molecule has 2 N–H and O–H groups in total. The van der Waals surface area contributed by atoms with E-state index < -0.39 is 10.2 Å². The molecule has 0 radical (unpaired) electrons. The molecule has 1 fully saturated rings. The molecule has 0 unspecified atom stereocenters. The van der Waals surface area contributed by atoms with E-state index in [1.807, 2.05) is 0 Å². The van der Waals surface area contributed by atoms with Gasteiger partial charge in [-0.25, -0.2) is 4.72 Å². The van der Waals surface area contributed by atoms with Crippen LogP contribution in [-0.2, 0) is 14.9 Å². The van der Waals surface area contributed by atoms with E-state index in [1.54, 1.807) is 7.11 Å². The van der Waals surface area contributed by atoms with Gasteiger partial charge in [0.15, 0.2) is 0 Å². The summed E-state index contributed by atoms with van der Waals surface area (Å²) in [6, 6.07) is 0.130. The van der Waals surface area contributed by atoms with Gasteiger partial charge in [-0.1, -0.05) is 12.8 Å². The van der Waals surface area contributed by atoms with Crippen molar-refractivity contribution in [3.05, 3.63) is 0 Å². The number of hydrogen-bond acceptors (Lipinski definition) is 3. The predicted octanol–water partition coefficient (Wildman–Crippen LogP) is 0.389. The molecule has 1 rings (SSSR count). The zero-order valence-corrected chi connectivity index (χ0v) is 9.98. The quantitative estimate of drug-likeness (QED) is 0.628. The van der Waals surface area contributed by atoms with Gasteiger partial charge in [0.2, 0.25) is 0 Å². The molecular weight excluding hydrogens is 216 g/mol. The third kappa shape index (κ3) is 5.46. The molecule has 0 saturated heterocycles. The number of nitrogens with one attached hydrogen (secondary N) is 2. The first-order valence-electron chi connectivity index (χ1n) is 5.40. The second-order valence-electron chi connectivity index (χ2n) is 3.84. The lowest BCUT2D eigenvalue weighted by Crippen LogP contribution is -2.42. The zero-order chi connectivity index (χ0) is 11.1. The van der Waals surface area contributed by atoms with Gasteiger partial charge in [0.1, 0.15) is 0 Å². The van der Waals surface area contributed by atoms with Gasteiger partial charge in [0.05, 0.1) is 0 Å². The monoisotopic (exact) mass is 236 g/mol. The summed E-state index contributed by atoms with van der Waals surface area (Å²) < 4.78 is 33.0. The first kappa shape index (κ1) is 12.9. The first-order chi connectivity index (χ1) is 7.14. The Morgan fingerprint density at radius 1 is 1.33 bits per heavy atom. The van der Waals surface area contributed by atoms with Crippen LogP contribution in [0.4, 0.5) is 0 Å². The molecule has 0 amide bonds. The average molecular weight is 236 g/mol. The zero-order valence-electron chi connectivity index (χ0n) is 9.16. The minimum atomic E-state index is -3.30. The molecule has 0 heterocycles. The Morgan fingerprint density at radius 2 is 2.00 bits per heavy atom. The van der Waals surface area contributed by atoms with Crippen LogP contribution in [0.25, 0.3) is 0 Å². The van der Waals surface area contributed by atoms with E-state index in [2.05, 4.69) is 9.44 Å². The summed E-state index contributed by atoms with van der Waals surface area (Å²) in [7, 11) is -1.70. The van der Waals surface area contributed by atoms with Crippen LogP contribution in [0.1, 0.15) is 32.1 Å². The summed E-state index contributed by atoms with van der Waals surface area (Å²) in [5.74, 6) is 0. The van der Waals surface area contributed by atoms with E-state index in [1.165, 1.54) is 0 Å². The molecule has 6 heteroatoms. The fourth-order valence-corrected chi connectivity index (χ4v) is 2.90. The maximum atomic E-state index is 11.5. The van der Waals surface area contributed by atoms with Gasteiger partial charge in [-0.2, -0.15) is 13.1 Å². The molecule has 0 atom stereocenters. The highest BCUT2D eigenvalue weighted by Gasteiger charge is 2.20. The second-order valence-corrected chi connectivity index (χ2v) is 5.37. The number of hydrogen-bond donors (Lipinski definition) is 2. The molecule has 0 spiro atoms. The SMILES string of the molecule is COCCCNS(=O)(=O)NC1CCCC1. The van der Waals surface area contributed by atoms with Gasteiger partial charge in [0.25, 0.3) is 10.2 Å². The van der Waals surface area contributed by atoms with Crippen LogP contribution in [0.3, 0.4) is 0 Å². The van der Waals surface area contributed by atoms with Crippen molar-refractivity contribution in [3.8, 4) is 0 Å². The van der Waals surface area contributed by atoms with Crippen molar-refractivity contribution in [2.24, 2.45) is 0 Å². The third-order valence-electron chi connectivity index (χ3n) is 2.49. The highest BCUT2D eigenvalue weighted by atomic mass is 32.2. The van der Waals surface area contributed by atoms with Gasteiger partial charge < -0.3 is 4.74 Å². The van der Waals surface area contributed by atoms with Crippen molar-refractivity contribution in [2.75, 3.05) is 20.3 Å². The fraction of sp³-hybridized carbons (Fsp3) is 1.00. The fourth-order valence-electron chi connectivity index (χ4n) is 1.73. The Bertz CT molecular complexity index is 261. The van der Waals surface area contributed by atoms with Gasteiger partial charge in [-0.15, -0.1) is 0 Å². The predicted molar refractivity (Wildman–Crippen MR) is 58.8 cm³/mol. The molecule has 5 nitrogen and oxygen atoms in total. The Labute approximate surface area is 91.8 Å². The van der Waals surface area contributed by atoms with E-state index in [4.69, 9.17) is 4.74 Å². The smallest absolute Gasteiger partial charge is 0.277 e. The lowest BCUT2D eigenvalue weighted by molar-refractivity contribution is 0.196. The molecular formula is C9H20N2O3S. The molecule has 0 aromatic heterocycles. The van der Waals surface area contributed by atoms with Crippen molar-refractivity contribution in [2.45, 2.75) is 38.1 Å². The molecule has 1 saturated carbocycles. The van der Waals surface area contributed by atoms with Gasteiger partial charge >= 0.3 is 0 Å². The van der Waals surface area contributed by atoms with E-state index in [-0.39, 0.29) is 6.04 Å². The molecule has 1 aliphatic carbocycles. The summed E-state index contributed by atoms with van der Waals surface area (Å²) in [4.78, 5) is 0. The summed E-state index contributed by atoms with van der Waals surface area (Å²) >= 11 is 0. The average Bonchev–Trinajstić information content (AvgIpc) is 2.64. The van der Waals surface area contributed by atoms with Crippen molar-refractivity contribution in [1.82, 2.24) is 9.44 Å². The maximum Gasteiger partial charge on any atom is 0.277 e. The number of rotatable bonds is 7. The highest BCUT2D eigenvalue weighted by Crippen LogP contribution is 2.17. The molecule has 0 aliphatic heterocycles. The van der Waals surface area contributed by atoms with Crippen LogP contribution in [0, 0.1) is 0 Å². The van der Waals surface area contributed by atoms with Gasteiger partial charge in [-0.3, -0.25) is 0 Å².